The second kappa shape index (κ2) is 10.4. The second-order valence-corrected chi connectivity index (χ2v) is 8.77. The van der Waals surface area contributed by atoms with E-state index in [1.165, 1.54) is 12.8 Å². The van der Waals surface area contributed by atoms with E-state index in [1.807, 2.05) is 0 Å². The van der Waals surface area contributed by atoms with Crippen LogP contribution < -0.4 is 19.3 Å². The predicted octanol–water partition coefficient (Wildman–Crippen LogP) is 1.92. The van der Waals surface area contributed by atoms with E-state index in [4.69, 9.17) is 9.47 Å². The highest BCUT2D eigenvalue weighted by atomic mass is 16.5. The Hall–Kier alpha value is -2.46. The Bertz CT molecular complexity index is 824. The van der Waals surface area contributed by atoms with Gasteiger partial charge >= 0.3 is 12.0 Å². The predicted molar refractivity (Wildman–Crippen MR) is 122 cm³/mol. The molecular weight excluding hydrogens is 412 g/mol. The molecule has 176 valence electrons. The van der Waals surface area contributed by atoms with Crippen molar-refractivity contribution in [1.29, 1.82) is 0 Å². The van der Waals surface area contributed by atoms with Gasteiger partial charge in [-0.1, -0.05) is 0 Å². The molecule has 0 aliphatic carbocycles. The minimum atomic E-state index is -0.623. The molecule has 4 heterocycles. The maximum atomic E-state index is 9.68. The zero-order valence-electron chi connectivity index (χ0n) is 19.0. The van der Waals surface area contributed by atoms with Gasteiger partial charge in [0.1, 0.15) is 24.2 Å². The fourth-order valence-electron chi connectivity index (χ4n) is 4.12. The Morgan fingerprint density at radius 1 is 0.656 bits per heavy atom. The maximum absolute atomic E-state index is 9.68. The van der Waals surface area contributed by atoms with E-state index in [2.05, 4.69) is 29.7 Å². The van der Waals surface area contributed by atoms with Crippen molar-refractivity contribution < 1.29 is 19.7 Å². The zero-order valence-corrected chi connectivity index (χ0v) is 19.0. The van der Waals surface area contributed by atoms with Crippen molar-refractivity contribution >= 4 is 22.7 Å². The highest BCUT2D eigenvalue weighted by Gasteiger charge is 2.25. The van der Waals surface area contributed by atoms with Crippen LogP contribution in [-0.2, 0) is 0 Å². The first-order chi connectivity index (χ1) is 15.5. The van der Waals surface area contributed by atoms with Crippen LogP contribution in [0.3, 0.4) is 0 Å². The topological polar surface area (TPSA) is 117 Å². The molecular formula is C22H34N6O4. The summed E-state index contributed by atoms with van der Waals surface area (Å²) in [7, 11) is 0. The SMILES string of the molecule is C[C@H](O)COc1nc(N2CCCCC2)c2nc(OC[C@H](C)O)nc(N3CCCCC3)c2n1. The van der Waals surface area contributed by atoms with Crippen LogP contribution in [0, 0.1) is 0 Å². The van der Waals surface area contributed by atoms with E-state index >= 15 is 0 Å². The van der Waals surface area contributed by atoms with Crippen molar-refractivity contribution in [3.63, 3.8) is 0 Å². The van der Waals surface area contributed by atoms with E-state index in [9.17, 15) is 10.2 Å². The van der Waals surface area contributed by atoms with E-state index < -0.39 is 12.2 Å². The van der Waals surface area contributed by atoms with Gasteiger partial charge in [0.2, 0.25) is 0 Å². The first-order valence-corrected chi connectivity index (χ1v) is 11.7. The third kappa shape index (κ3) is 5.47. The van der Waals surface area contributed by atoms with Crippen LogP contribution >= 0.6 is 0 Å². The first kappa shape index (κ1) is 22.7. The van der Waals surface area contributed by atoms with Crippen LogP contribution in [-0.4, -0.2) is 81.7 Å². The van der Waals surface area contributed by atoms with Crippen molar-refractivity contribution in [3.8, 4) is 12.0 Å². The first-order valence-electron chi connectivity index (χ1n) is 11.7. The molecule has 2 aromatic heterocycles. The van der Waals surface area contributed by atoms with Gasteiger partial charge in [-0.05, 0) is 52.4 Å². The number of fused-ring (bicyclic) bond motifs is 1. The Kier molecular flexibility index (Phi) is 7.41. The summed E-state index contributed by atoms with van der Waals surface area (Å²) in [5.74, 6) is 1.41. The lowest BCUT2D eigenvalue weighted by atomic mass is 10.1. The number of aromatic nitrogens is 4. The lowest BCUT2D eigenvalue weighted by Gasteiger charge is -2.30. The van der Waals surface area contributed by atoms with Gasteiger partial charge in [-0.3, -0.25) is 0 Å². The number of aliphatic hydroxyl groups is 2. The summed E-state index contributed by atoms with van der Waals surface area (Å²) in [6, 6.07) is 0.442. The van der Waals surface area contributed by atoms with Gasteiger partial charge in [0.05, 0.1) is 12.2 Å². The molecule has 0 unspecified atom stereocenters. The van der Waals surface area contributed by atoms with Crippen molar-refractivity contribution in [3.05, 3.63) is 0 Å². The molecule has 2 atom stereocenters. The van der Waals surface area contributed by atoms with E-state index in [-0.39, 0.29) is 25.2 Å². The molecule has 2 N–H and O–H groups in total. The van der Waals surface area contributed by atoms with Gasteiger partial charge in [-0.25, -0.2) is 0 Å². The number of aliphatic hydroxyl groups excluding tert-OH is 2. The highest BCUT2D eigenvalue weighted by Crippen LogP contribution is 2.34. The number of hydrogen-bond acceptors (Lipinski definition) is 10. The smallest absolute Gasteiger partial charge is 0.319 e. The molecule has 2 aromatic rings. The van der Waals surface area contributed by atoms with Crippen molar-refractivity contribution in [2.75, 3.05) is 49.2 Å². The van der Waals surface area contributed by atoms with Crippen molar-refractivity contribution in [2.45, 2.75) is 64.6 Å². The van der Waals surface area contributed by atoms with Crippen LogP contribution in [0.25, 0.3) is 11.0 Å². The normalized spacial score (nSPS) is 19.1. The largest absolute Gasteiger partial charge is 0.461 e. The number of ether oxygens (including phenoxy) is 2. The molecule has 10 nitrogen and oxygen atoms in total. The molecule has 0 saturated carbocycles. The lowest BCUT2D eigenvalue weighted by Crippen LogP contribution is -2.32. The average molecular weight is 447 g/mol. The fraction of sp³-hybridized carbons (Fsp3) is 0.727. The van der Waals surface area contributed by atoms with Gasteiger partial charge in [0.15, 0.2) is 11.6 Å². The third-order valence-electron chi connectivity index (χ3n) is 5.68. The molecule has 10 heteroatoms. The van der Waals surface area contributed by atoms with Crippen molar-refractivity contribution in [2.24, 2.45) is 0 Å². The molecule has 0 spiro atoms. The Morgan fingerprint density at radius 3 is 1.38 bits per heavy atom. The lowest BCUT2D eigenvalue weighted by molar-refractivity contribution is 0.116. The fourth-order valence-corrected chi connectivity index (χ4v) is 4.12. The highest BCUT2D eigenvalue weighted by molar-refractivity contribution is 5.93. The molecule has 0 aromatic carbocycles. The minimum absolute atomic E-state index is 0.112. The minimum Gasteiger partial charge on any atom is -0.461 e. The average Bonchev–Trinajstić information content (AvgIpc) is 2.81. The molecule has 4 rings (SSSR count). The Labute approximate surface area is 188 Å². The number of anilines is 2. The van der Waals surface area contributed by atoms with Gasteiger partial charge < -0.3 is 29.5 Å². The standard InChI is InChI=1S/C22H34N6O4/c1-15(29)13-31-21-23-17-18(19(25-21)27-9-5-3-6-10-27)24-22(32-14-16(2)30)26-20(17)28-11-7-4-8-12-28/h15-16,29-30H,3-14H2,1-2H3/t15-,16-/m0/s1. The quantitative estimate of drug-likeness (QED) is 0.623. The van der Waals surface area contributed by atoms with Gasteiger partial charge in [0.25, 0.3) is 0 Å². The zero-order chi connectivity index (χ0) is 22.5. The van der Waals surface area contributed by atoms with Gasteiger partial charge in [-0.15, -0.1) is 0 Å². The van der Waals surface area contributed by atoms with E-state index in [0.717, 1.165) is 51.9 Å². The summed E-state index contributed by atoms with van der Waals surface area (Å²) >= 11 is 0. The monoisotopic (exact) mass is 446 g/mol. The molecule has 32 heavy (non-hydrogen) atoms. The molecule has 2 fully saturated rings. The van der Waals surface area contributed by atoms with Gasteiger partial charge in [0, 0.05) is 26.2 Å². The summed E-state index contributed by atoms with van der Waals surface area (Å²) < 4.78 is 11.4. The van der Waals surface area contributed by atoms with Crippen LogP contribution in [0.1, 0.15) is 52.4 Å². The number of hydrogen-bond donors (Lipinski definition) is 2. The van der Waals surface area contributed by atoms with E-state index in [1.54, 1.807) is 13.8 Å². The Balaban J connectivity index is 1.83. The van der Waals surface area contributed by atoms with Gasteiger partial charge in [-0.2, -0.15) is 19.9 Å². The molecule has 0 amide bonds. The summed E-state index contributed by atoms with van der Waals surface area (Å²) in [5, 5.41) is 19.4. The van der Waals surface area contributed by atoms with Crippen LogP contribution in [0.15, 0.2) is 0 Å². The number of nitrogens with zero attached hydrogens (tertiary/aromatic N) is 6. The molecule has 0 radical (unpaired) electrons. The number of rotatable bonds is 8. The summed E-state index contributed by atoms with van der Waals surface area (Å²) in [5.41, 5.74) is 1.26. The van der Waals surface area contributed by atoms with Crippen LogP contribution in [0.2, 0.25) is 0 Å². The van der Waals surface area contributed by atoms with Crippen molar-refractivity contribution in [1.82, 2.24) is 19.9 Å². The third-order valence-corrected chi connectivity index (χ3v) is 5.68. The molecule has 2 saturated heterocycles. The molecule has 0 bridgehead atoms. The summed E-state index contributed by atoms with van der Waals surface area (Å²) in [6.07, 6.45) is 5.50. The molecule has 2 aliphatic rings. The summed E-state index contributed by atoms with van der Waals surface area (Å²) in [4.78, 5) is 23.1. The van der Waals surface area contributed by atoms with Crippen LogP contribution in [0.5, 0.6) is 12.0 Å². The summed E-state index contributed by atoms with van der Waals surface area (Å²) in [6.45, 7) is 7.09. The van der Waals surface area contributed by atoms with Crippen LogP contribution in [0.4, 0.5) is 11.6 Å². The molecule has 2 aliphatic heterocycles. The number of piperidine rings is 2. The van der Waals surface area contributed by atoms with E-state index in [0.29, 0.717) is 22.7 Å². The maximum Gasteiger partial charge on any atom is 0.319 e. The second-order valence-electron chi connectivity index (χ2n) is 8.77. The Morgan fingerprint density at radius 2 is 1.03 bits per heavy atom.